The van der Waals surface area contributed by atoms with Gasteiger partial charge in [0.25, 0.3) is 0 Å². The lowest BCUT2D eigenvalue weighted by Gasteiger charge is -2.19. The third-order valence-electron chi connectivity index (χ3n) is 2.82. The van der Waals surface area contributed by atoms with Gasteiger partial charge in [0.15, 0.2) is 0 Å². The number of carbonyl (C=O) groups is 1. The van der Waals surface area contributed by atoms with Gasteiger partial charge in [-0.25, -0.2) is 5.43 Å². The van der Waals surface area contributed by atoms with Crippen molar-refractivity contribution in [2.24, 2.45) is 11.0 Å². The molecule has 0 spiro atoms. The fourth-order valence-corrected chi connectivity index (χ4v) is 1.96. The number of nitrogens with zero attached hydrogens (tertiary/aromatic N) is 1. The van der Waals surface area contributed by atoms with Crippen molar-refractivity contribution in [3.8, 4) is 0 Å². The fraction of sp³-hybridized carbons (Fsp3) is 0.286. The Balaban J connectivity index is 2.25. The number of hydrogen-bond donors (Lipinski definition) is 1. The molecule has 1 unspecified atom stereocenters. The second kappa shape index (κ2) is 4.95. The molecule has 2 rings (SSSR count). The van der Waals surface area contributed by atoms with Crippen molar-refractivity contribution < 1.29 is 4.79 Å². The molecule has 1 heterocycles. The second-order valence-corrected chi connectivity index (χ2v) is 4.26. The van der Waals surface area contributed by atoms with Crippen LogP contribution in [0.5, 0.6) is 0 Å². The lowest BCUT2D eigenvalue weighted by atomic mass is 9.93. The van der Waals surface area contributed by atoms with Gasteiger partial charge < -0.3 is 0 Å². The van der Waals surface area contributed by atoms with Crippen LogP contribution in [0.1, 0.15) is 31.4 Å². The summed E-state index contributed by atoms with van der Waals surface area (Å²) in [5.74, 6) is 0.170. The number of hydrogen-bond acceptors (Lipinski definition) is 2. The Morgan fingerprint density at radius 1 is 1.35 bits per heavy atom. The molecule has 17 heavy (non-hydrogen) atoms. The first-order chi connectivity index (χ1) is 8.20. The first kappa shape index (κ1) is 11.6. The molecule has 0 fully saturated rings. The van der Waals surface area contributed by atoms with Crippen LogP contribution >= 0.6 is 0 Å². The van der Waals surface area contributed by atoms with Crippen LogP contribution in [0.15, 0.2) is 35.4 Å². The number of nitrogens with one attached hydrogen (secondary N) is 1. The van der Waals surface area contributed by atoms with Gasteiger partial charge in [0, 0.05) is 12.3 Å². The van der Waals surface area contributed by atoms with E-state index >= 15 is 0 Å². The molecule has 1 amide bonds. The Hall–Kier alpha value is -1.90. The molecular weight excluding hydrogens is 212 g/mol. The number of allylic oxidation sites excluding steroid dienone is 1. The van der Waals surface area contributed by atoms with Crippen LogP contribution in [0, 0.1) is 5.92 Å². The van der Waals surface area contributed by atoms with Crippen molar-refractivity contribution in [3.63, 3.8) is 0 Å². The highest BCUT2D eigenvalue weighted by Gasteiger charge is 2.21. The van der Waals surface area contributed by atoms with Gasteiger partial charge in [0.05, 0.1) is 5.71 Å². The molecule has 1 aromatic carbocycles. The molecule has 3 nitrogen and oxygen atoms in total. The van der Waals surface area contributed by atoms with E-state index in [2.05, 4.69) is 28.7 Å². The highest BCUT2D eigenvalue weighted by Crippen LogP contribution is 2.17. The predicted octanol–water partition coefficient (Wildman–Crippen LogP) is 2.58. The lowest BCUT2D eigenvalue weighted by Crippen LogP contribution is -2.31. The molecule has 0 bridgehead atoms. The van der Waals surface area contributed by atoms with Crippen LogP contribution in [-0.4, -0.2) is 11.6 Å². The van der Waals surface area contributed by atoms with E-state index in [0.717, 1.165) is 11.3 Å². The maximum absolute atomic E-state index is 11.2. The first-order valence-corrected chi connectivity index (χ1v) is 5.80. The Morgan fingerprint density at radius 2 is 2.06 bits per heavy atom. The molecule has 3 heteroatoms. The van der Waals surface area contributed by atoms with E-state index in [1.807, 2.05) is 32.1 Å². The quantitative estimate of drug-likeness (QED) is 0.830. The van der Waals surface area contributed by atoms with Crippen molar-refractivity contribution in [3.05, 3.63) is 41.5 Å². The summed E-state index contributed by atoms with van der Waals surface area (Å²) in [6.07, 6.45) is 4.57. The zero-order valence-corrected chi connectivity index (χ0v) is 10.1. The number of benzene rings is 1. The largest absolute Gasteiger partial charge is 0.273 e. The molecule has 1 N–H and O–H groups in total. The van der Waals surface area contributed by atoms with Gasteiger partial charge in [0.1, 0.15) is 0 Å². The zero-order chi connectivity index (χ0) is 12.3. The molecule has 1 aromatic rings. The van der Waals surface area contributed by atoms with Crippen LogP contribution in [0.2, 0.25) is 0 Å². The number of carbonyl (C=O) groups excluding carboxylic acids is 1. The average Bonchev–Trinajstić information content (AvgIpc) is 2.31. The van der Waals surface area contributed by atoms with E-state index in [4.69, 9.17) is 0 Å². The summed E-state index contributed by atoms with van der Waals surface area (Å²) in [5, 5.41) is 4.14. The highest BCUT2D eigenvalue weighted by atomic mass is 16.2. The molecule has 0 saturated heterocycles. The van der Waals surface area contributed by atoms with Crippen molar-refractivity contribution in [1.82, 2.24) is 5.43 Å². The molecule has 1 aliphatic rings. The standard InChI is InChI=1S/C14H16N2O/c1-3-4-11-5-7-12(8-6-11)14-10(2)9-13(17)15-16-14/h3-8,10H,9H2,1-2H3,(H,15,17). The van der Waals surface area contributed by atoms with Gasteiger partial charge in [-0.2, -0.15) is 5.10 Å². The summed E-state index contributed by atoms with van der Waals surface area (Å²) >= 11 is 0. The van der Waals surface area contributed by atoms with E-state index in [-0.39, 0.29) is 11.8 Å². The normalized spacial score (nSPS) is 20.2. The summed E-state index contributed by atoms with van der Waals surface area (Å²) in [5.41, 5.74) is 5.74. The molecular formula is C14H16N2O. The lowest BCUT2D eigenvalue weighted by molar-refractivity contribution is -0.121. The van der Waals surface area contributed by atoms with E-state index in [9.17, 15) is 4.79 Å². The second-order valence-electron chi connectivity index (χ2n) is 4.26. The molecule has 0 aromatic heterocycles. The van der Waals surface area contributed by atoms with Gasteiger partial charge in [0.2, 0.25) is 5.91 Å². The number of hydrazone groups is 1. The Kier molecular flexibility index (Phi) is 3.38. The smallest absolute Gasteiger partial charge is 0.240 e. The Morgan fingerprint density at radius 3 is 2.65 bits per heavy atom. The maximum atomic E-state index is 11.2. The van der Waals surface area contributed by atoms with E-state index in [1.165, 1.54) is 5.56 Å². The Labute approximate surface area is 101 Å². The zero-order valence-electron chi connectivity index (χ0n) is 10.1. The van der Waals surface area contributed by atoms with Crippen LogP contribution in [-0.2, 0) is 4.79 Å². The van der Waals surface area contributed by atoms with Crippen LogP contribution < -0.4 is 5.43 Å². The maximum Gasteiger partial charge on any atom is 0.240 e. The summed E-state index contributed by atoms with van der Waals surface area (Å²) < 4.78 is 0. The SMILES string of the molecule is CC=Cc1ccc(C2=NNC(=O)CC2C)cc1. The summed E-state index contributed by atoms with van der Waals surface area (Å²) in [6.45, 7) is 4.02. The monoisotopic (exact) mass is 228 g/mol. The van der Waals surface area contributed by atoms with Gasteiger partial charge in [-0.05, 0) is 18.1 Å². The third kappa shape index (κ3) is 2.61. The minimum absolute atomic E-state index is 0.00761. The van der Waals surface area contributed by atoms with Crippen molar-refractivity contribution in [2.45, 2.75) is 20.3 Å². The average molecular weight is 228 g/mol. The van der Waals surface area contributed by atoms with Gasteiger partial charge in [-0.3, -0.25) is 4.79 Å². The van der Waals surface area contributed by atoms with E-state index in [1.54, 1.807) is 0 Å². The topological polar surface area (TPSA) is 41.5 Å². The number of rotatable bonds is 2. The summed E-state index contributed by atoms with van der Waals surface area (Å²) in [6, 6.07) is 8.20. The third-order valence-corrected chi connectivity index (χ3v) is 2.82. The van der Waals surface area contributed by atoms with Gasteiger partial charge >= 0.3 is 0 Å². The van der Waals surface area contributed by atoms with Crippen molar-refractivity contribution in [1.29, 1.82) is 0 Å². The fourth-order valence-electron chi connectivity index (χ4n) is 1.96. The van der Waals surface area contributed by atoms with Gasteiger partial charge in [-0.15, -0.1) is 0 Å². The minimum atomic E-state index is -0.00761. The van der Waals surface area contributed by atoms with Crippen LogP contribution in [0.4, 0.5) is 0 Å². The van der Waals surface area contributed by atoms with E-state index in [0.29, 0.717) is 6.42 Å². The Bertz CT molecular complexity index is 472. The summed E-state index contributed by atoms with van der Waals surface area (Å²) in [4.78, 5) is 11.2. The van der Waals surface area contributed by atoms with Crippen molar-refractivity contribution in [2.75, 3.05) is 0 Å². The summed E-state index contributed by atoms with van der Waals surface area (Å²) in [7, 11) is 0. The van der Waals surface area contributed by atoms with Crippen LogP contribution in [0.3, 0.4) is 0 Å². The molecule has 1 aliphatic heterocycles. The predicted molar refractivity (Wildman–Crippen MR) is 69.6 cm³/mol. The molecule has 1 atom stereocenters. The molecule has 88 valence electrons. The number of amides is 1. The molecule has 0 radical (unpaired) electrons. The van der Waals surface area contributed by atoms with E-state index < -0.39 is 0 Å². The van der Waals surface area contributed by atoms with Crippen LogP contribution in [0.25, 0.3) is 6.08 Å². The highest BCUT2D eigenvalue weighted by molar-refractivity contribution is 6.05. The first-order valence-electron chi connectivity index (χ1n) is 5.80. The van der Waals surface area contributed by atoms with Crippen molar-refractivity contribution >= 4 is 17.7 Å². The molecule has 0 aliphatic carbocycles. The molecule has 0 saturated carbocycles. The minimum Gasteiger partial charge on any atom is -0.273 e. The van der Waals surface area contributed by atoms with Gasteiger partial charge in [-0.1, -0.05) is 43.3 Å².